The standard InChI is InChI=1S/C13H10F2N2O2/c14-7-4-8(15)6-9(5-7)17-12-10(13(18)19)2-1-3-11(12)16/h1-6,17H,16H2,(H,18,19). The quantitative estimate of drug-likeness (QED) is 0.745. The van der Waals surface area contributed by atoms with Gasteiger partial charge in [-0.1, -0.05) is 6.07 Å². The first-order chi connectivity index (χ1) is 8.97. The zero-order valence-electron chi connectivity index (χ0n) is 9.65. The largest absolute Gasteiger partial charge is 0.478 e. The number of anilines is 3. The van der Waals surface area contributed by atoms with Crippen LogP contribution >= 0.6 is 0 Å². The van der Waals surface area contributed by atoms with Crippen LogP contribution < -0.4 is 11.1 Å². The second kappa shape index (κ2) is 4.93. The van der Waals surface area contributed by atoms with Gasteiger partial charge in [0, 0.05) is 11.8 Å². The van der Waals surface area contributed by atoms with Crippen LogP contribution in [0.1, 0.15) is 10.4 Å². The van der Waals surface area contributed by atoms with E-state index in [9.17, 15) is 13.6 Å². The van der Waals surface area contributed by atoms with E-state index in [4.69, 9.17) is 10.8 Å². The number of para-hydroxylation sites is 1. The van der Waals surface area contributed by atoms with Gasteiger partial charge in [-0.15, -0.1) is 0 Å². The number of rotatable bonds is 3. The van der Waals surface area contributed by atoms with Crippen LogP contribution in [-0.4, -0.2) is 11.1 Å². The molecule has 0 aliphatic carbocycles. The summed E-state index contributed by atoms with van der Waals surface area (Å²) < 4.78 is 26.1. The Labute approximate surface area is 107 Å². The second-order valence-corrected chi connectivity index (χ2v) is 3.86. The van der Waals surface area contributed by atoms with Crippen LogP contribution in [0.15, 0.2) is 36.4 Å². The highest BCUT2D eigenvalue weighted by Crippen LogP contribution is 2.28. The summed E-state index contributed by atoms with van der Waals surface area (Å²) in [6.07, 6.45) is 0. The zero-order valence-corrected chi connectivity index (χ0v) is 9.65. The van der Waals surface area contributed by atoms with Gasteiger partial charge in [0.25, 0.3) is 0 Å². The molecule has 0 aromatic heterocycles. The SMILES string of the molecule is Nc1cccc(C(=O)O)c1Nc1cc(F)cc(F)c1. The summed E-state index contributed by atoms with van der Waals surface area (Å²) in [6, 6.07) is 7.12. The van der Waals surface area contributed by atoms with Crippen LogP contribution in [0.25, 0.3) is 0 Å². The molecule has 0 heterocycles. The minimum atomic E-state index is -1.19. The maximum absolute atomic E-state index is 13.1. The summed E-state index contributed by atoms with van der Waals surface area (Å²) in [5.74, 6) is -2.73. The van der Waals surface area contributed by atoms with Gasteiger partial charge in [0.2, 0.25) is 0 Å². The number of benzene rings is 2. The van der Waals surface area contributed by atoms with Crippen molar-refractivity contribution in [2.24, 2.45) is 0 Å². The molecular weight excluding hydrogens is 254 g/mol. The first-order valence-corrected chi connectivity index (χ1v) is 5.32. The van der Waals surface area contributed by atoms with Gasteiger partial charge >= 0.3 is 5.97 Å². The molecule has 0 aliphatic heterocycles. The number of halogens is 2. The molecule has 0 atom stereocenters. The van der Waals surface area contributed by atoms with Gasteiger partial charge in [-0.2, -0.15) is 0 Å². The van der Waals surface area contributed by atoms with Gasteiger partial charge in [-0.25, -0.2) is 13.6 Å². The Morgan fingerprint density at radius 2 is 1.79 bits per heavy atom. The first kappa shape index (κ1) is 12.8. The van der Waals surface area contributed by atoms with Gasteiger partial charge in [0.1, 0.15) is 11.6 Å². The lowest BCUT2D eigenvalue weighted by Crippen LogP contribution is -2.06. The molecule has 0 radical (unpaired) electrons. The van der Waals surface area contributed by atoms with Gasteiger partial charge in [0.15, 0.2) is 0 Å². The number of carbonyl (C=O) groups is 1. The monoisotopic (exact) mass is 264 g/mol. The molecule has 0 fully saturated rings. The molecule has 4 nitrogen and oxygen atoms in total. The average Bonchev–Trinajstić information content (AvgIpc) is 2.30. The van der Waals surface area contributed by atoms with E-state index >= 15 is 0 Å². The lowest BCUT2D eigenvalue weighted by atomic mass is 10.1. The molecule has 2 rings (SSSR count). The van der Waals surface area contributed by atoms with Crippen molar-refractivity contribution in [2.45, 2.75) is 0 Å². The summed E-state index contributed by atoms with van der Waals surface area (Å²) in [7, 11) is 0. The number of aromatic carboxylic acids is 1. The van der Waals surface area contributed by atoms with E-state index in [0.717, 1.165) is 18.2 Å². The Hall–Kier alpha value is -2.63. The van der Waals surface area contributed by atoms with E-state index < -0.39 is 17.6 Å². The van der Waals surface area contributed by atoms with Crippen LogP contribution in [0.3, 0.4) is 0 Å². The summed E-state index contributed by atoms with van der Waals surface area (Å²) in [6.45, 7) is 0. The Balaban J connectivity index is 2.45. The number of nitrogens with one attached hydrogen (secondary N) is 1. The number of carboxylic acids is 1. The van der Waals surface area contributed by atoms with Crippen molar-refractivity contribution >= 4 is 23.0 Å². The van der Waals surface area contributed by atoms with Crippen molar-refractivity contribution in [1.82, 2.24) is 0 Å². The van der Waals surface area contributed by atoms with Crippen molar-refractivity contribution < 1.29 is 18.7 Å². The lowest BCUT2D eigenvalue weighted by molar-refractivity contribution is 0.0698. The van der Waals surface area contributed by atoms with E-state index in [1.165, 1.54) is 18.2 Å². The average molecular weight is 264 g/mol. The van der Waals surface area contributed by atoms with E-state index in [0.29, 0.717) is 0 Å². The molecule has 98 valence electrons. The predicted molar refractivity (Wildman–Crippen MR) is 67.5 cm³/mol. The lowest BCUT2D eigenvalue weighted by Gasteiger charge is -2.12. The highest BCUT2D eigenvalue weighted by Gasteiger charge is 2.13. The zero-order chi connectivity index (χ0) is 14.0. The molecule has 2 aromatic rings. The van der Waals surface area contributed by atoms with Crippen molar-refractivity contribution in [2.75, 3.05) is 11.1 Å². The van der Waals surface area contributed by atoms with Crippen molar-refractivity contribution in [1.29, 1.82) is 0 Å². The molecule has 2 aromatic carbocycles. The van der Waals surface area contributed by atoms with Gasteiger partial charge in [0.05, 0.1) is 16.9 Å². The second-order valence-electron chi connectivity index (χ2n) is 3.86. The molecule has 0 saturated heterocycles. The topological polar surface area (TPSA) is 75.4 Å². The molecular formula is C13H10F2N2O2. The molecule has 0 amide bonds. The fourth-order valence-electron chi connectivity index (χ4n) is 1.66. The Bertz CT molecular complexity index is 624. The number of carboxylic acid groups (broad SMARTS) is 1. The first-order valence-electron chi connectivity index (χ1n) is 5.32. The highest BCUT2D eigenvalue weighted by atomic mass is 19.1. The normalized spacial score (nSPS) is 10.2. The molecule has 0 bridgehead atoms. The van der Waals surface area contributed by atoms with Crippen molar-refractivity contribution in [3.63, 3.8) is 0 Å². The molecule has 0 aliphatic rings. The summed E-state index contributed by atoms with van der Waals surface area (Å²) in [5, 5.41) is 11.7. The molecule has 6 heteroatoms. The van der Waals surface area contributed by atoms with Gasteiger partial charge in [-0.3, -0.25) is 0 Å². The third kappa shape index (κ3) is 2.79. The summed E-state index contributed by atoms with van der Waals surface area (Å²) in [5.41, 5.74) is 5.94. The minimum Gasteiger partial charge on any atom is -0.478 e. The van der Waals surface area contributed by atoms with E-state index in [1.54, 1.807) is 0 Å². The van der Waals surface area contributed by atoms with E-state index in [2.05, 4.69) is 5.32 Å². The smallest absolute Gasteiger partial charge is 0.337 e. The number of nitrogens with two attached hydrogens (primary N) is 1. The molecule has 0 spiro atoms. The molecule has 4 N–H and O–H groups in total. The van der Waals surface area contributed by atoms with Crippen LogP contribution in [0.5, 0.6) is 0 Å². The third-order valence-corrected chi connectivity index (χ3v) is 2.46. The minimum absolute atomic E-state index is 0.0790. The summed E-state index contributed by atoms with van der Waals surface area (Å²) >= 11 is 0. The van der Waals surface area contributed by atoms with E-state index in [-0.39, 0.29) is 22.6 Å². The third-order valence-electron chi connectivity index (χ3n) is 2.46. The molecule has 19 heavy (non-hydrogen) atoms. The highest BCUT2D eigenvalue weighted by molar-refractivity contribution is 5.98. The Morgan fingerprint density at radius 1 is 1.16 bits per heavy atom. The van der Waals surface area contributed by atoms with Crippen LogP contribution in [-0.2, 0) is 0 Å². The summed E-state index contributed by atoms with van der Waals surface area (Å²) in [4.78, 5) is 11.1. The molecule has 0 unspecified atom stereocenters. The fraction of sp³-hybridized carbons (Fsp3) is 0. The molecule has 0 saturated carbocycles. The Kier molecular flexibility index (Phi) is 3.33. The van der Waals surface area contributed by atoms with Gasteiger partial charge in [-0.05, 0) is 24.3 Å². The number of nitrogen functional groups attached to an aromatic ring is 1. The fourth-order valence-corrected chi connectivity index (χ4v) is 1.66. The van der Waals surface area contributed by atoms with Crippen LogP contribution in [0, 0.1) is 11.6 Å². The predicted octanol–water partition coefficient (Wildman–Crippen LogP) is 2.99. The van der Waals surface area contributed by atoms with Crippen LogP contribution in [0.2, 0.25) is 0 Å². The van der Waals surface area contributed by atoms with Crippen molar-refractivity contribution in [3.05, 3.63) is 53.6 Å². The van der Waals surface area contributed by atoms with Gasteiger partial charge < -0.3 is 16.2 Å². The van der Waals surface area contributed by atoms with E-state index in [1.807, 2.05) is 0 Å². The maximum Gasteiger partial charge on any atom is 0.337 e. The number of hydrogen-bond donors (Lipinski definition) is 3. The number of hydrogen-bond acceptors (Lipinski definition) is 3. The Morgan fingerprint density at radius 3 is 2.37 bits per heavy atom. The van der Waals surface area contributed by atoms with Crippen molar-refractivity contribution in [3.8, 4) is 0 Å². The van der Waals surface area contributed by atoms with Crippen LogP contribution in [0.4, 0.5) is 25.8 Å². The maximum atomic E-state index is 13.1.